The number of fused-ring (bicyclic) bond motifs is 1. The highest BCUT2D eigenvalue weighted by atomic mass is 32.2. The van der Waals surface area contributed by atoms with Crippen molar-refractivity contribution >= 4 is 15.9 Å². The van der Waals surface area contributed by atoms with Crippen molar-refractivity contribution in [2.24, 2.45) is 5.73 Å². The van der Waals surface area contributed by atoms with Crippen LogP contribution in [0.15, 0.2) is 23.1 Å². The van der Waals surface area contributed by atoms with Crippen molar-refractivity contribution in [3.05, 3.63) is 18.2 Å². The molecule has 3 N–H and O–H groups in total. The Morgan fingerprint density at radius 3 is 2.46 bits per heavy atom. The molecule has 132 valence electrons. The molecule has 0 saturated carbocycles. The molecule has 2 aliphatic rings. The van der Waals surface area contributed by atoms with E-state index in [-0.39, 0.29) is 16.8 Å². The molecule has 3 rings (SSSR count). The Balaban J connectivity index is 1.74. The van der Waals surface area contributed by atoms with Crippen LogP contribution in [0.1, 0.15) is 6.92 Å². The van der Waals surface area contributed by atoms with Gasteiger partial charge in [0.15, 0.2) is 17.5 Å². The van der Waals surface area contributed by atoms with Gasteiger partial charge in [-0.3, -0.25) is 4.79 Å². The van der Waals surface area contributed by atoms with Gasteiger partial charge >= 0.3 is 0 Å². The van der Waals surface area contributed by atoms with Gasteiger partial charge in [-0.25, -0.2) is 8.42 Å². The first-order valence-electron chi connectivity index (χ1n) is 7.93. The topological polar surface area (TPSA) is 103 Å². The number of piperazine rings is 1. The molecule has 2 aliphatic heterocycles. The number of carbonyl (C=O) groups excluding carboxylic acids is 1. The van der Waals surface area contributed by atoms with Crippen LogP contribution in [0.25, 0.3) is 0 Å². The fourth-order valence-electron chi connectivity index (χ4n) is 2.98. The molecule has 24 heavy (non-hydrogen) atoms. The standard InChI is InChI=1S/C15H21N3O5S/c1-11(15(16)19)17-4-6-18(7-5-17)24(20,21)12-2-3-13-14(10-12)23-9-8-22-13/h2-3,10-11H,4-9H2,1H3,(H2,16,19)/p+1/t11-/m1/s1. The average molecular weight is 356 g/mol. The van der Waals surface area contributed by atoms with Crippen molar-refractivity contribution in [2.45, 2.75) is 17.9 Å². The van der Waals surface area contributed by atoms with Gasteiger partial charge < -0.3 is 20.1 Å². The van der Waals surface area contributed by atoms with Crippen LogP contribution >= 0.6 is 0 Å². The van der Waals surface area contributed by atoms with Crippen molar-refractivity contribution in [3.63, 3.8) is 0 Å². The summed E-state index contributed by atoms with van der Waals surface area (Å²) in [5.74, 6) is 0.645. The summed E-state index contributed by atoms with van der Waals surface area (Å²) in [5.41, 5.74) is 5.33. The van der Waals surface area contributed by atoms with Crippen molar-refractivity contribution in [1.82, 2.24) is 4.31 Å². The molecule has 2 heterocycles. The van der Waals surface area contributed by atoms with E-state index in [9.17, 15) is 13.2 Å². The van der Waals surface area contributed by atoms with Crippen LogP contribution < -0.4 is 20.1 Å². The molecule has 1 amide bonds. The predicted octanol–water partition coefficient (Wildman–Crippen LogP) is -1.78. The van der Waals surface area contributed by atoms with E-state index in [1.807, 2.05) is 0 Å². The lowest BCUT2D eigenvalue weighted by Crippen LogP contribution is -3.19. The van der Waals surface area contributed by atoms with Crippen LogP contribution in [0.3, 0.4) is 0 Å². The van der Waals surface area contributed by atoms with E-state index in [1.54, 1.807) is 13.0 Å². The third kappa shape index (κ3) is 3.19. The highest BCUT2D eigenvalue weighted by Gasteiger charge is 2.34. The number of primary amides is 1. The Labute approximate surface area is 141 Å². The fraction of sp³-hybridized carbons (Fsp3) is 0.533. The maximum atomic E-state index is 12.8. The second-order valence-corrected chi connectivity index (χ2v) is 7.93. The molecule has 9 heteroatoms. The number of quaternary nitrogens is 1. The second kappa shape index (κ2) is 6.58. The first-order chi connectivity index (χ1) is 11.4. The Hall–Kier alpha value is -1.84. The van der Waals surface area contributed by atoms with E-state index < -0.39 is 10.0 Å². The number of ether oxygens (including phenoxy) is 2. The van der Waals surface area contributed by atoms with Crippen LogP contribution in [0.5, 0.6) is 11.5 Å². The number of benzene rings is 1. The van der Waals surface area contributed by atoms with Gasteiger partial charge in [0.25, 0.3) is 5.91 Å². The normalized spacial score (nSPS) is 20.5. The summed E-state index contributed by atoms with van der Waals surface area (Å²) in [6.07, 6.45) is 0. The summed E-state index contributed by atoms with van der Waals surface area (Å²) in [5, 5.41) is 0. The number of nitrogens with one attached hydrogen (secondary N) is 1. The van der Waals surface area contributed by atoms with Crippen LogP contribution in [-0.2, 0) is 14.8 Å². The molecule has 0 spiro atoms. The number of rotatable bonds is 4. The fourth-order valence-corrected chi connectivity index (χ4v) is 4.44. The predicted molar refractivity (Wildman–Crippen MR) is 85.5 cm³/mol. The SMILES string of the molecule is C[C@H](C(N)=O)[NH+]1CCN(S(=O)(=O)c2ccc3c(c2)OCCO3)CC1. The summed E-state index contributed by atoms with van der Waals surface area (Å²) in [4.78, 5) is 12.5. The first kappa shape index (κ1) is 17.0. The van der Waals surface area contributed by atoms with Crippen LogP contribution in [-0.4, -0.2) is 64.1 Å². The zero-order valence-electron chi connectivity index (χ0n) is 13.5. The number of nitrogens with zero attached hydrogens (tertiary/aromatic N) is 1. The van der Waals surface area contributed by atoms with E-state index in [0.29, 0.717) is 50.9 Å². The van der Waals surface area contributed by atoms with Gasteiger partial charge in [-0.1, -0.05) is 0 Å². The number of nitrogens with two attached hydrogens (primary N) is 1. The van der Waals surface area contributed by atoms with E-state index in [1.165, 1.54) is 16.4 Å². The minimum absolute atomic E-state index is 0.193. The summed E-state index contributed by atoms with van der Waals surface area (Å²) in [6, 6.07) is 4.35. The van der Waals surface area contributed by atoms with E-state index in [2.05, 4.69) is 0 Å². The lowest BCUT2D eigenvalue weighted by Gasteiger charge is -2.33. The van der Waals surface area contributed by atoms with Gasteiger partial charge in [-0.05, 0) is 19.1 Å². The lowest BCUT2D eigenvalue weighted by molar-refractivity contribution is -0.917. The molecular weight excluding hydrogens is 334 g/mol. The molecule has 1 aromatic carbocycles. The van der Waals surface area contributed by atoms with Gasteiger partial charge in [-0.15, -0.1) is 0 Å². The summed E-state index contributed by atoms with van der Waals surface area (Å²) in [7, 11) is -3.60. The summed E-state index contributed by atoms with van der Waals surface area (Å²) in [6.45, 7) is 4.43. The molecule has 1 atom stereocenters. The van der Waals surface area contributed by atoms with E-state index in [4.69, 9.17) is 15.2 Å². The van der Waals surface area contributed by atoms with Crippen molar-refractivity contribution < 1.29 is 27.6 Å². The molecule has 0 aromatic heterocycles. The van der Waals surface area contributed by atoms with Crippen molar-refractivity contribution in [1.29, 1.82) is 0 Å². The average Bonchev–Trinajstić information content (AvgIpc) is 2.60. The second-order valence-electron chi connectivity index (χ2n) is 5.99. The third-order valence-corrected chi connectivity index (χ3v) is 6.45. The van der Waals surface area contributed by atoms with Crippen LogP contribution in [0.4, 0.5) is 0 Å². The van der Waals surface area contributed by atoms with Gasteiger partial charge in [0.2, 0.25) is 10.0 Å². The largest absolute Gasteiger partial charge is 0.486 e. The quantitative estimate of drug-likeness (QED) is 0.664. The van der Waals surface area contributed by atoms with Crippen molar-refractivity contribution in [3.8, 4) is 11.5 Å². The molecular formula is C15H22N3O5S+. The van der Waals surface area contributed by atoms with E-state index >= 15 is 0 Å². The number of sulfonamides is 1. The van der Waals surface area contributed by atoms with Crippen molar-refractivity contribution in [2.75, 3.05) is 39.4 Å². The molecule has 0 radical (unpaired) electrons. The minimum atomic E-state index is -3.60. The smallest absolute Gasteiger partial charge is 0.275 e. The maximum absolute atomic E-state index is 12.8. The maximum Gasteiger partial charge on any atom is 0.275 e. The van der Waals surface area contributed by atoms with Gasteiger partial charge in [-0.2, -0.15) is 4.31 Å². The first-order valence-corrected chi connectivity index (χ1v) is 9.37. The summed E-state index contributed by atoms with van der Waals surface area (Å²) < 4.78 is 37.9. The monoisotopic (exact) mass is 356 g/mol. The molecule has 1 saturated heterocycles. The molecule has 8 nitrogen and oxygen atoms in total. The summed E-state index contributed by atoms with van der Waals surface area (Å²) >= 11 is 0. The van der Waals surface area contributed by atoms with E-state index in [0.717, 1.165) is 4.90 Å². The zero-order valence-corrected chi connectivity index (χ0v) is 14.3. The highest BCUT2D eigenvalue weighted by molar-refractivity contribution is 7.89. The zero-order chi connectivity index (χ0) is 17.3. The Morgan fingerprint density at radius 2 is 1.83 bits per heavy atom. The minimum Gasteiger partial charge on any atom is -0.486 e. The molecule has 0 unspecified atom stereocenters. The van der Waals surface area contributed by atoms with Crippen LogP contribution in [0.2, 0.25) is 0 Å². The number of amides is 1. The number of carbonyl (C=O) groups is 1. The molecule has 0 aliphatic carbocycles. The molecule has 0 bridgehead atoms. The third-order valence-electron chi connectivity index (χ3n) is 4.56. The lowest BCUT2D eigenvalue weighted by atomic mass is 10.2. The Morgan fingerprint density at radius 1 is 1.21 bits per heavy atom. The number of hydrogen-bond donors (Lipinski definition) is 2. The number of hydrogen-bond acceptors (Lipinski definition) is 5. The Kier molecular flexibility index (Phi) is 4.66. The Bertz CT molecular complexity index is 729. The van der Waals surface area contributed by atoms with Crippen LogP contribution in [0, 0.1) is 0 Å². The molecule has 1 aromatic rings. The van der Waals surface area contributed by atoms with Gasteiger partial charge in [0, 0.05) is 6.07 Å². The highest BCUT2D eigenvalue weighted by Crippen LogP contribution is 2.33. The van der Waals surface area contributed by atoms with Gasteiger partial charge in [0.05, 0.1) is 31.1 Å². The van der Waals surface area contributed by atoms with Gasteiger partial charge in [0.1, 0.15) is 13.2 Å². The molecule has 1 fully saturated rings.